The molecule has 0 fully saturated rings. The minimum Gasteiger partial charge on any atom is -0.469 e. The Bertz CT molecular complexity index is 398. The monoisotopic (exact) mass is 253 g/mol. The van der Waals surface area contributed by atoms with Crippen LogP contribution in [0.2, 0.25) is 0 Å². The molecule has 0 aliphatic heterocycles. The highest BCUT2D eigenvalue weighted by molar-refractivity contribution is 7.10. The third-order valence-corrected chi connectivity index (χ3v) is 3.11. The molecule has 92 valence electrons. The van der Waals surface area contributed by atoms with Crippen molar-refractivity contribution in [3.8, 4) is 0 Å². The van der Waals surface area contributed by atoms with Crippen molar-refractivity contribution >= 4 is 23.2 Å². The predicted molar refractivity (Wildman–Crippen MR) is 66.6 cm³/mol. The number of esters is 1. The van der Waals surface area contributed by atoms with Crippen molar-refractivity contribution in [2.75, 3.05) is 7.11 Å². The molecule has 0 bridgehead atoms. The van der Waals surface area contributed by atoms with Crippen molar-refractivity contribution in [2.24, 2.45) is 0 Å². The minimum absolute atomic E-state index is 0.139. The van der Waals surface area contributed by atoms with Gasteiger partial charge in [-0.1, -0.05) is 12.1 Å². The third kappa shape index (κ3) is 4.40. The van der Waals surface area contributed by atoms with Crippen LogP contribution in [0, 0.1) is 0 Å². The van der Waals surface area contributed by atoms with Crippen LogP contribution in [0.15, 0.2) is 29.7 Å². The van der Waals surface area contributed by atoms with E-state index in [1.807, 2.05) is 17.5 Å². The number of hydrogen-bond acceptors (Lipinski definition) is 4. The first-order valence-electron chi connectivity index (χ1n) is 5.20. The second-order valence-corrected chi connectivity index (χ2v) is 4.34. The van der Waals surface area contributed by atoms with Crippen LogP contribution in [0.5, 0.6) is 0 Å². The van der Waals surface area contributed by atoms with Crippen molar-refractivity contribution in [1.29, 1.82) is 0 Å². The summed E-state index contributed by atoms with van der Waals surface area (Å²) < 4.78 is 4.62. The van der Waals surface area contributed by atoms with Crippen molar-refractivity contribution < 1.29 is 14.3 Å². The first-order chi connectivity index (χ1) is 8.17. The Morgan fingerprint density at radius 3 is 2.88 bits per heavy atom. The lowest BCUT2D eigenvalue weighted by Gasteiger charge is -2.15. The zero-order chi connectivity index (χ0) is 12.7. The fraction of sp³-hybridized carbons (Fsp3) is 0.333. The van der Waals surface area contributed by atoms with E-state index in [2.05, 4.69) is 10.1 Å². The quantitative estimate of drug-likeness (QED) is 0.645. The fourth-order valence-corrected chi connectivity index (χ4v) is 2.11. The second-order valence-electron chi connectivity index (χ2n) is 3.36. The van der Waals surface area contributed by atoms with Crippen molar-refractivity contribution in [2.45, 2.75) is 19.4 Å². The number of amides is 1. The van der Waals surface area contributed by atoms with Gasteiger partial charge in [0.15, 0.2) is 0 Å². The van der Waals surface area contributed by atoms with Crippen molar-refractivity contribution in [1.82, 2.24) is 5.32 Å². The average Bonchev–Trinajstić information content (AvgIpc) is 2.81. The topological polar surface area (TPSA) is 55.4 Å². The molecular weight excluding hydrogens is 238 g/mol. The lowest BCUT2D eigenvalue weighted by Crippen LogP contribution is -2.28. The standard InChI is InChI=1S/C12H15NO3S/c1-3-5-11(14)13-9(8-12(15)16-2)10-6-4-7-17-10/h3-7,9H,8H2,1-2H3,(H,13,14). The van der Waals surface area contributed by atoms with Crippen LogP contribution < -0.4 is 5.32 Å². The van der Waals surface area contributed by atoms with Gasteiger partial charge in [0, 0.05) is 4.88 Å². The zero-order valence-electron chi connectivity index (χ0n) is 9.80. The van der Waals surface area contributed by atoms with Gasteiger partial charge in [0.25, 0.3) is 0 Å². The highest BCUT2D eigenvalue weighted by Gasteiger charge is 2.18. The van der Waals surface area contributed by atoms with Crippen LogP contribution in [0.1, 0.15) is 24.3 Å². The highest BCUT2D eigenvalue weighted by Crippen LogP contribution is 2.22. The van der Waals surface area contributed by atoms with E-state index in [1.54, 1.807) is 13.0 Å². The molecule has 0 spiro atoms. The van der Waals surface area contributed by atoms with Crippen LogP contribution in [-0.4, -0.2) is 19.0 Å². The Hall–Kier alpha value is -1.62. The van der Waals surface area contributed by atoms with Crippen LogP contribution >= 0.6 is 11.3 Å². The van der Waals surface area contributed by atoms with E-state index in [1.165, 1.54) is 24.5 Å². The van der Waals surface area contributed by atoms with E-state index < -0.39 is 0 Å². The molecule has 0 aliphatic carbocycles. The van der Waals surface area contributed by atoms with Crippen LogP contribution in [-0.2, 0) is 14.3 Å². The molecule has 17 heavy (non-hydrogen) atoms. The molecular formula is C12H15NO3S. The Morgan fingerprint density at radius 1 is 1.59 bits per heavy atom. The van der Waals surface area contributed by atoms with Gasteiger partial charge >= 0.3 is 5.97 Å². The summed E-state index contributed by atoms with van der Waals surface area (Å²) in [5, 5.41) is 4.67. The molecule has 1 aromatic heterocycles. The summed E-state index contributed by atoms with van der Waals surface area (Å²) in [4.78, 5) is 23.7. The number of nitrogens with one attached hydrogen (secondary N) is 1. The molecule has 0 aliphatic rings. The number of carbonyl (C=O) groups is 2. The first kappa shape index (κ1) is 13.4. The number of rotatable bonds is 5. The van der Waals surface area contributed by atoms with E-state index in [0.29, 0.717) is 0 Å². The van der Waals surface area contributed by atoms with Crippen molar-refractivity contribution in [3.05, 3.63) is 34.5 Å². The minimum atomic E-state index is -0.343. The molecule has 0 saturated heterocycles. The summed E-state index contributed by atoms with van der Waals surface area (Å²) in [6, 6.07) is 3.44. The second kappa shape index (κ2) is 6.85. The largest absolute Gasteiger partial charge is 0.469 e. The van der Waals surface area contributed by atoms with Gasteiger partial charge < -0.3 is 10.1 Å². The van der Waals surface area contributed by atoms with Gasteiger partial charge in [0.05, 0.1) is 19.6 Å². The summed E-state index contributed by atoms with van der Waals surface area (Å²) in [6.07, 6.45) is 3.22. The van der Waals surface area contributed by atoms with E-state index in [4.69, 9.17) is 0 Å². The molecule has 1 amide bonds. The molecule has 0 aromatic carbocycles. The predicted octanol–water partition coefficient (Wildman–Crippen LogP) is 2.04. The van der Waals surface area contributed by atoms with E-state index in [9.17, 15) is 9.59 Å². The number of hydrogen-bond donors (Lipinski definition) is 1. The fourth-order valence-electron chi connectivity index (χ4n) is 1.33. The molecule has 1 heterocycles. The zero-order valence-corrected chi connectivity index (χ0v) is 10.6. The van der Waals surface area contributed by atoms with E-state index in [-0.39, 0.29) is 24.3 Å². The number of methoxy groups -OCH3 is 1. The maximum atomic E-state index is 11.5. The Kier molecular flexibility index (Phi) is 5.42. The van der Waals surface area contributed by atoms with Gasteiger partial charge in [-0.05, 0) is 24.4 Å². The molecule has 1 atom stereocenters. The molecule has 1 rings (SSSR count). The van der Waals surface area contributed by atoms with E-state index in [0.717, 1.165) is 4.88 Å². The summed E-state index contributed by atoms with van der Waals surface area (Å²) >= 11 is 1.50. The van der Waals surface area contributed by atoms with E-state index >= 15 is 0 Å². The summed E-state index contributed by atoms with van der Waals surface area (Å²) in [6.45, 7) is 1.76. The normalized spacial score (nSPS) is 12.4. The van der Waals surface area contributed by atoms with Crippen molar-refractivity contribution in [3.63, 3.8) is 0 Å². The lowest BCUT2D eigenvalue weighted by atomic mass is 10.1. The SMILES string of the molecule is CC=CC(=O)NC(CC(=O)OC)c1cccs1. The van der Waals surface area contributed by atoms with Crippen LogP contribution in [0.25, 0.3) is 0 Å². The van der Waals surface area contributed by atoms with Gasteiger partial charge in [-0.3, -0.25) is 9.59 Å². The number of carbonyl (C=O) groups excluding carboxylic acids is 2. The molecule has 0 saturated carbocycles. The molecule has 5 heteroatoms. The number of thiophene rings is 1. The van der Waals surface area contributed by atoms with Crippen LogP contribution in [0.3, 0.4) is 0 Å². The van der Waals surface area contributed by atoms with Gasteiger partial charge in [-0.2, -0.15) is 0 Å². The maximum absolute atomic E-state index is 11.5. The smallest absolute Gasteiger partial charge is 0.307 e. The molecule has 1 N–H and O–H groups in total. The Balaban J connectivity index is 2.73. The highest BCUT2D eigenvalue weighted by atomic mass is 32.1. The molecule has 0 radical (unpaired) electrons. The van der Waals surface area contributed by atoms with Gasteiger partial charge in [-0.15, -0.1) is 11.3 Å². The number of allylic oxidation sites excluding steroid dienone is 1. The summed E-state index contributed by atoms with van der Waals surface area (Å²) in [5.74, 6) is -0.556. The first-order valence-corrected chi connectivity index (χ1v) is 6.08. The van der Waals surface area contributed by atoms with Gasteiger partial charge in [0.2, 0.25) is 5.91 Å². The third-order valence-electron chi connectivity index (χ3n) is 2.12. The Morgan fingerprint density at radius 2 is 2.35 bits per heavy atom. The lowest BCUT2D eigenvalue weighted by molar-refractivity contribution is -0.141. The average molecular weight is 253 g/mol. The number of ether oxygens (including phenoxy) is 1. The summed E-state index contributed by atoms with van der Waals surface area (Å²) in [7, 11) is 1.33. The van der Waals surface area contributed by atoms with Gasteiger partial charge in [0.1, 0.15) is 0 Å². The molecule has 1 unspecified atom stereocenters. The summed E-state index contributed by atoms with van der Waals surface area (Å²) in [5.41, 5.74) is 0. The maximum Gasteiger partial charge on any atom is 0.307 e. The van der Waals surface area contributed by atoms with Crippen LogP contribution in [0.4, 0.5) is 0 Å². The molecule has 4 nitrogen and oxygen atoms in total. The van der Waals surface area contributed by atoms with Gasteiger partial charge in [-0.25, -0.2) is 0 Å². The Labute approximate surface area is 104 Å². The molecule has 1 aromatic rings.